The number of hydrogen-bond donors (Lipinski definition) is 0. The van der Waals surface area contributed by atoms with Crippen molar-refractivity contribution in [2.45, 2.75) is 45.6 Å². The zero-order valence-corrected chi connectivity index (χ0v) is 19.1. The first-order chi connectivity index (χ1) is 14.7. The molecule has 0 aliphatic carbocycles. The quantitative estimate of drug-likeness (QED) is 0.734. The van der Waals surface area contributed by atoms with Crippen molar-refractivity contribution < 1.29 is 19.0 Å². The molecule has 2 aliphatic heterocycles. The summed E-state index contributed by atoms with van der Waals surface area (Å²) in [4.78, 5) is 25.7. The van der Waals surface area contributed by atoms with Crippen molar-refractivity contribution in [1.29, 1.82) is 0 Å². The maximum Gasteiger partial charge on any atom is 0.410 e. The molecule has 0 bridgehead atoms. The fourth-order valence-electron chi connectivity index (χ4n) is 4.64. The molecule has 2 fully saturated rings. The molecule has 3 heterocycles. The second kappa shape index (κ2) is 8.05. The number of aromatic nitrogens is 2. The number of benzene rings is 1. The summed E-state index contributed by atoms with van der Waals surface area (Å²) in [6, 6.07) is 3.84. The fourth-order valence-corrected chi connectivity index (χ4v) is 4.64. The Morgan fingerprint density at radius 3 is 2.29 bits per heavy atom. The third-order valence-corrected chi connectivity index (χ3v) is 6.33. The number of ether oxygens (including phenoxy) is 3. The molecule has 2 aromatic rings. The highest BCUT2D eigenvalue weighted by Crippen LogP contribution is 2.43. The second-order valence-corrected chi connectivity index (χ2v) is 9.56. The van der Waals surface area contributed by atoms with Crippen LogP contribution in [0, 0.1) is 5.41 Å². The van der Waals surface area contributed by atoms with E-state index in [0.717, 1.165) is 62.2 Å². The van der Waals surface area contributed by atoms with Gasteiger partial charge in [-0.25, -0.2) is 14.8 Å². The molecular formula is C23H32N4O4. The van der Waals surface area contributed by atoms with Crippen LogP contribution in [0.1, 0.15) is 40.0 Å². The van der Waals surface area contributed by atoms with E-state index < -0.39 is 5.60 Å². The lowest BCUT2D eigenvalue weighted by Gasteiger charge is -2.40. The van der Waals surface area contributed by atoms with E-state index in [1.54, 1.807) is 20.5 Å². The highest BCUT2D eigenvalue weighted by Gasteiger charge is 2.43. The first kappa shape index (κ1) is 21.5. The van der Waals surface area contributed by atoms with E-state index in [4.69, 9.17) is 14.2 Å². The fraction of sp³-hybridized carbons (Fsp3) is 0.609. The molecule has 0 radical (unpaired) electrons. The van der Waals surface area contributed by atoms with Gasteiger partial charge in [-0.05, 0) is 51.5 Å². The molecule has 2 aliphatic rings. The van der Waals surface area contributed by atoms with Gasteiger partial charge in [0.2, 0.25) is 0 Å². The number of piperidine rings is 1. The molecule has 8 nitrogen and oxygen atoms in total. The topological polar surface area (TPSA) is 77.0 Å². The van der Waals surface area contributed by atoms with E-state index >= 15 is 0 Å². The molecule has 1 spiro atoms. The summed E-state index contributed by atoms with van der Waals surface area (Å²) in [6.07, 6.45) is 4.47. The average Bonchev–Trinajstić information content (AvgIpc) is 3.15. The molecule has 168 valence electrons. The Labute approximate surface area is 183 Å². The zero-order chi connectivity index (χ0) is 22.2. The minimum Gasteiger partial charge on any atom is -0.493 e. The molecule has 31 heavy (non-hydrogen) atoms. The number of anilines is 1. The van der Waals surface area contributed by atoms with Gasteiger partial charge in [0.1, 0.15) is 17.7 Å². The van der Waals surface area contributed by atoms with Gasteiger partial charge in [-0.15, -0.1) is 0 Å². The first-order valence-electron chi connectivity index (χ1n) is 10.8. The number of hydrogen-bond acceptors (Lipinski definition) is 7. The molecule has 0 unspecified atom stereocenters. The highest BCUT2D eigenvalue weighted by atomic mass is 16.6. The first-order valence-corrected chi connectivity index (χ1v) is 10.8. The van der Waals surface area contributed by atoms with Crippen LogP contribution in [0.15, 0.2) is 18.5 Å². The summed E-state index contributed by atoms with van der Waals surface area (Å²) in [7, 11) is 3.26. The third-order valence-electron chi connectivity index (χ3n) is 6.33. The SMILES string of the molecule is COc1cc2ncnc(N3CCC4(CCN(C(=O)OC(C)(C)C)C4)CC3)c2cc1OC. The van der Waals surface area contributed by atoms with Gasteiger partial charge in [-0.1, -0.05) is 0 Å². The average molecular weight is 429 g/mol. The van der Waals surface area contributed by atoms with E-state index in [1.807, 2.05) is 37.8 Å². The van der Waals surface area contributed by atoms with Crippen LogP contribution in [-0.4, -0.2) is 67.0 Å². The number of fused-ring (bicyclic) bond motifs is 1. The Kier molecular flexibility index (Phi) is 5.58. The highest BCUT2D eigenvalue weighted by molar-refractivity contribution is 5.92. The molecule has 4 rings (SSSR count). The van der Waals surface area contributed by atoms with Gasteiger partial charge in [0.25, 0.3) is 0 Å². The summed E-state index contributed by atoms with van der Waals surface area (Å²) in [5.41, 5.74) is 0.533. The van der Waals surface area contributed by atoms with E-state index in [1.165, 1.54) is 0 Å². The summed E-state index contributed by atoms with van der Waals surface area (Å²) >= 11 is 0. The van der Waals surface area contributed by atoms with Crippen LogP contribution in [0.2, 0.25) is 0 Å². The Morgan fingerprint density at radius 2 is 1.65 bits per heavy atom. The second-order valence-electron chi connectivity index (χ2n) is 9.56. The number of nitrogens with zero attached hydrogens (tertiary/aromatic N) is 4. The summed E-state index contributed by atoms with van der Waals surface area (Å²) in [5.74, 6) is 2.25. The number of carbonyl (C=O) groups is 1. The maximum atomic E-state index is 12.5. The number of methoxy groups -OCH3 is 2. The van der Waals surface area contributed by atoms with Gasteiger partial charge >= 0.3 is 6.09 Å². The van der Waals surface area contributed by atoms with Crippen LogP contribution in [0.3, 0.4) is 0 Å². The summed E-state index contributed by atoms with van der Waals surface area (Å²) in [5, 5.41) is 0.956. The monoisotopic (exact) mass is 428 g/mol. The summed E-state index contributed by atoms with van der Waals surface area (Å²) in [6.45, 7) is 9.04. The largest absolute Gasteiger partial charge is 0.493 e. The van der Waals surface area contributed by atoms with Gasteiger partial charge in [0.15, 0.2) is 11.5 Å². The smallest absolute Gasteiger partial charge is 0.410 e. The van der Waals surface area contributed by atoms with Crippen molar-refractivity contribution >= 4 is 22.8 Å². The molecule has 0 N–H and O–H groups in total. The minimum atomic E-state index is -0.464. The number of rotatable bonds is 3. The van der Waals surface area contributed by atoms with E-state index in [9.17, 15) is 4.79 Å². The van der Waals surface area contributed by atoms with Crippen molar-refractivity contribution in [1.82, 2.24) is 14.9 Å². The van der Waals surface area contributed by atoms with Crippen LogP contribution in [0.5, 0.6) is 11.5 Å². The van der Waals surface area contributed by atoms with E-state index in [2.05, 4.69) is 14.9 Å². The van der Waals surface area contributed by atoms with E-state index in [-0.39, 0.29) is 11.5 Å². The van der Waals surface area contributed by atoms with Gasteiger partial charge in [0.05, 0.1) is 19.7 Å². The molecule has 0 saturated carbocycles. The minimum absolute atomic E-state index is 0.164. The van der Waals surface area contributed by atoms with Gasteiger partial charge in [0, 0.05) is 37.6 Å². The van der Waals surface area contributed by atoms with Gasteiger partial charge < -0.3 is 24.0 Å². The standard InChI is InChI=1S/C23H32N4O4/c1-22(2,3)31-21(28)27-11-8-23(14-27)6-9-26(10-7-23)20-16-12-18(29-4)19(30-5)13-17(16)24-15-25-20/h12-13,15H,6-11,14H2,1-5H3. The van der Waals surface area contributed by atoms with Crippen molar-refractivity contribution in [2.75, 3.05) is 45.3 Å². The third kappa shape index (κ3) is 4.34. The molecular weight excluding hydrogens is 396 g/mol. The molecule has 1 amide bonds. The lowest BCUT2D eigenvalue weighted by atomic mass is 9.78. The summed E-state index contributed by atoms with van der Waals surface area (Å²) < 4.78 is 16.5. The molecule has 8 heteroatoms. The molecule has 1 aromatic carbocycles. The van der Waals surface area contributed by atoms with Gasteiger partial charge in [-0.3, -0.25) is 0 Å². The predicted molar refractivity (Wildman–Crippen MR) is 119 cm³/mol. The van der Waals surface area contributed by atoms with Crippen LogP contribution < -0.4 is 14.4 Å². The number of amides is 1. The van der Waals surface area contributed by atoms with Gasteiger partial charge in [-0.2, -0.15) is 0 Å². The van der Waals surface area contributed by atoms with Crippen molar-refractivity contribution in [3.8, 4) is 11.5 Å². The number of likely N-dealkylation sites (tertiary alicyclic amines) is 1. The van der Waals surface area contributed by atoms with Crippen LogP contribution >= 0.6 is 0 Å². The van der Waals surface area contributed by atoms with Crippen molar-refractivity contribution in [3.05, 3.63) is 18.5 Å². The van der Waals surface area contributed by atoms with Crippen molar-refractivity contribution in [3.63, 3.8) is 0 Å². The van der Waals surface area contributed by atoms with Crippen LogP contribution in [0.4, 0.5) is 10.6 Å². The maximum absolute atomic E-state index is 12.5. The van der Waals surface area contributed by atoms with E-state index in [0.29, 0.717) is 11.5 Å². The zero-order valence-electron chi connectivity index (χ0n) is 19.1. The molecule has 0 atom stereocenters. The van der Waals surface area contributed by atoms with Crippen LogP contribution in [-0.2, 0) is 4.74 Å². The lowest BCUT2D eigenvalue weighted by molar-refractivity contribution is 0.0266. The Balaban J connectivity index is 1.48. The molecule has 1 aromatic heterocycles. The predicted octanol–water partition coefficient (Wildman–Crippen LogP) is 3.87. The molecule has 2 saturated heterocycles. The Morgan fingerprint density at radius 1 is 1.00 bits per heavy atom. The van der Waals surface area contributed by atoms with Crippen LogP contribution in [0.25, 0.3) is 10.9 Å². The Hall–Kier alpha value is -2.77. The Bertz CT molecular complexity index is 964. The normalized spacial score (nSPS) is 18.5. The number of carbonyl (C=O) groups excluding carboxylic acids is 1. The van der Waals surface area contributed by atoms with Crippen molar-refractivity contribution in [2.24, 2.45) is 5.41 Å². The lowest BCUT2D eigenvalue weighted by Crippen LogP contribution is -2.43.